The second-order valence-corrected chi connectivity index (χ2v) is 10.4. The predicted octanol–water partition coefficient (Wildman–Crippen LogP) is -2.57. The van der Waals surface area contributed by atoms with E-state index in [1.165, 1.54) is 0 Å². The summed E-state index contributed by atoms with van der Waals surface area (Å²) < 4.78 is 51.7. The second-order valence-electron chi connectivity index (χ2n) is 5.99. The number of H-pyrrole nitrogens is 1. The number of hydrogen-bond acceptors (Lipinski definition) is 12. The SMILES string of the molecule is O=c1nc[nH]c2c1ncn2C1OC(COP(=O)(O)OP(=O)(O)OP(=O)(O)O)C(O)C1O.[NaH]. The number of aromatic amines is 1. The van der Waals surface area contributed by atoms with Gasteiger partial charge in [0.2, 0.25) is 0 Å². The van der Waals surface area contributed by atoms with Crippen LogP contribution in [0.15, 0.2) is 17.4 Å². The van der Waals surface area contributed by atoms with Gasteiger partial charge < -0.3 is 39.5 Å². The summed E-state index contributed by atoms with van der Waals surface area (Å²) in [7, 11) is -16.7. The van der Waals surface area contributed by atoms with Gasteiger partial charge in [-0.05, 0) is 0 Å². The number of nitrogens with zero attached hydrogens (tertiary/aromatic N) is 3. The molecule has 1 fully saturated rings. The van der Waals surface area contributed by atoms with Gasteiger partial charge in [0.15, 0.2) is 11.7 Å². The van der Waals surface area contributed by atoms with Gasteiger partial charge in [-0.25, -0.2) is 18.7 Å². The normalized spacial score (nSPS) is 27.6. The molecule has 3 heterocycles. The molecule has 0 amide bonds. The van der Waals surface area contributed by atoms with Crippen molar-refractivity contribution >= 4 is 64.2 Å². The molecule has 176 valence electrons. The van der Waals surface area contributed by atoms with Crippen LogP contribution in [0, 0.1) is 0 Å². The number of phosphoric acid groups is 3. The Morgan fingerprint density at radius 3 is 2.34 bits per heavy atom. The van der Waals surface area contributed by atoms with Crippen molar-refractivity contribution in [1.29, 1.82) is 0 Å². The maximum atomic E-state index is 11.8. The molecule has 2 aromatic rings. The van der Waals surface area contributed by atoms with E-state index in [1.54, 1.807) is 0 Å². The van der Waals surface area contributed by atoms with Crippen molar-refractivity contribution in [2.75, 3.05) is 6.61 Å². The topological polar surface area (TPSA) is 273 Å². The first-order valence-electron chi connectivity index (χ1n) is 7.89. The van der Waals surface area contributed by atoms with E-state index in [-0.39, 0.29) is 40.7 Å². The molecule has 0 aromatic carbocycles. The number of aliphatic hydroxyl groups is 2. The monoisotopic (exact) mass is 532 g/mol. The molecule has 32 heavy (non-hydrogen) atoms. The van der Waals surface area contributed by atoms with Crippen LogP contribution in [0.1, 0.15) is 6.23 Å². The van der Waals surface area contributed by atoms with Crippen LogP contribution in [-0.4, -0.2) is 104 Å². The summed E-state index contributed by atoms with van der Waals surface area (Å²) >= 11 is 0. The first kappa shape index (κ1) is 27.9. The number of fused-ring (bicyclic) bond motifs is 1. The molecule has 0 saturated carbocycles. The Bertz CT molecular complexity index is 1170. The summed E-state index contributed by atoms with van der Waals surface area (Å²) in [6, 6.07) is 0. The van der Waals surface area contributed by atoms with Crippen molar-refractivity contribution < 1.29 is 61.4 Å². The predicted molar refractivity (Wildman–Crippen MR) is 101 cm³/mol. The molecular weight excluding hydrogens is 516 g/mol. The van der Waals surface area contributed by atoms with Crippen molar-refractivity contribution in [1.82, 2.24) is 19.5 Å². The van der Waals surface area contributed by atoms with E-state index >= 15 is 0 Å². The minimum absolute atomic E-state index is 0. The molecule has 0 bridgehead atoms. The molecular formula is C10H16N4NaO14P3. The Hall–Kier alpha value is -0.360. The third kappa shape index (κ3) is 6.61. The molecule has 2 aromatic heterocycles. The number of imidazole rings is 1. The summed E-state index contributed by atoms with van der Waals surface area (Å²) in [6.07, 6.45) is -4.00. The third-order valence-corrected chi connectivity index (χ3v) is 7.61. The van der Waals surface area contributed by atoms with Gasteiger partial charge >= 0.3 is 58.6 Å². The van der Waals surface area contributed by atoms with E-state index in [0.717, 1.165) is 17.2 Å². The van der Waals surface area contributed by atoms with Gasteiger partial charge in [0.05, 0.1) is 19.3 Å². The Morgan fingerprint density at radius 1 is 1.06 bits per heavy atom. The third-order valence-electron chi connectivity index (χ3n) is 3.81. The van der Waals surface area contributed by atoms with Crippen molar-refractivity contribution in [3.8, 4) is 0 Å². The van der Waals surface area contributed by atoms with E-state index in [4.69, 9.17) is 19.4 Å². The number of ether oxygens (including phenoxy) is 1. The average Bonchev–Trinajstić information content (AvgIpc) is 3.13. The second kappa shape index (κ2) is 10.1. The fourth-order valence-corrected chi connectivity index (χ4v) is 5.66. The zero-order valence-electron chi connectivity index (χ0n) is 14.8. The van der Waals surface area contributed by atoms with Crippen molar-refractivity contribution in [3.05, 3.63) is 23.0 Å². The zero-order chi connectivity index (χ0) is 23.2. The number of hydrogen-bond donors (Lipinski definition) is 7. The standard InChI is InChI=1S/C10H15N4O14P3.Na.H/c15-6-4(1-25-30(21,22)28-31(23,24)27-29(18,19)20)26-10(7(6)16)14-3-13-5-8(14)11-2-12-9(5)17;;/h2-4,6-7,10,15-16H,1H2,(H,21,22)(H,23,24)(H,11,12,17)(H2,18,19,20);;. The van der Waals surface area contributed by atoms with Crippen LogP contribution in [0.5, 0.6) is 0 Å². The number of phosphoric ester groups is 1. The molecule has 22 heteroatoms. The van der Waals surface area contributed by atoms with Gasteiger partial charge in [-0.2, -0.15) is 13.6 Å². The van der Waals surface area contributed by atoms with E-state index in [1.807, 2.05) is 0 Å². The number of aromatic nitrogens is 4. The number of aliphatic hydroxyl groups excluding tert-OH is 2. The summed E-state index contributed by atoms with van der Waals surface area (Å²) in [6.45, 7) is -0.983. The van der Waals surface area contributed by atoms with Crippen LogP contribution in [0.3, 0.4) is 0 Å². The Balaban J connectivity index is 0.00000363. The zero-order valence-corrected chi connectivity index (χ0v) is 17.5. The molecule has 0 spiro atoms. The fourth-order valence-electron chi connectivity index (χ4n) is 2.63. The van der Waals surface area contributed by atoms with Gasteiger partial charge in [-0.1, -0.05) is 0 Å². The molecule has 7 N–H and O–H groups in total. The van der Waals surface area contributed by atoms with Crippen LogP contribution >= 0.6 is 23.5 Å². The average molecular weight is 532 g/mol. The Labute approximate surface area is 198 Å². The summed E-state index contributed by atoms with van der Waals surface area (Å²) in [5, 5.41) is 20.3. The van der Waals surface area contributed by atoms with Gasteiger partial charge in [0.1, 0.15) is 24.0 Å². The van der Waals surface area contributed by atoms with Crippen LogP contribution in [0.25, 0.3) is 11.2 Å². The van der Waals surface area contributed by atoms with Crippen molar-refractivity contribution in [2.45, 2.75) is 24.5 Å². The van der Waals surface area contributed by atoms with Gasteiger partial charge in [0, 0.05) is 0 Å². The number of rotatable bonds is 8. The van der Waals surface area contributed by atoms with Crippen LogP contribution in [0.4, 0.5) is 0 Å². The molecule has 6 atom stereocenters. The van der Waals surface area contributed by atoms with Gasteiger partial charge in [0.25, 0.3) is 0 Å². The van der Waals surface area contributed by atoms with E-state index < -0.39 is 60.2 Å². The van der Waals surface area contributed by atoms with Crippen LogP contribution in [0.2, 0.25) is 0 Å². The molecule has 0 aliphatic carbocycles. The van der Waals surface area contributed by atoms with Gasteiger partial charge in [-0.3, -0.25) is 13.9 Å². The Kier molecular flexibility index (Phi) is 8.80. The first-order chi connectivity index (χ1) is 14.2. The first-order valence-corrected chi connectivity index (χ1v) is 12.4. The fraction of sp³-hybridized carbons (Fsp3) is 0.500. The molecule has 18 nitrogen and oxygen atoms in total. The quantitative estimate of drug-likeness (QED) is 0.136. The van der Waals surface area contributed by atoms with Crippen LogP contribution < -0.4 is 5.56 Å². The summed E-state index contributed by atoms with van der Waals surface area (Å²) in [5.41, 5.74) is -0.681. The van der Waals surface area contributed by atoms with Crippen LogP contribution in [-0.2, 0) is 31.6 Å². The van der Waals surface area contributed by atoms with Gasteiger partial charge in [-0.15, -0.1) is 0 Å². The summed E-state index contributed by atoms with van der Waals surface area (Å²) in [4.78, 5) is 57.1. The molecule has 1 aliphatic heterocycles. The molecule has 1 aliphatic rings. The molecule has 0 radical (unpaired) electrons. The van der Waals surface area contributed by atoms with Crippen molar-refractivity contribution in [2.24, 2.45) is 0 Å². The van der Waals surface area contributed by atoms with Crippen molar-refractivity contribution in [3.63, 3.8) is 0 Å². The molecule has 6 unspecified atom stereocenters. The molecule has 1 saturated heterocycles. The molecule has 3 rings (SSSR count). The minimum atomic E-state index is -5.71. The summed E-state index contributed by atoms with van der Waals surface area (Å²) in [5.74, 6) is 0. The van der Waals surface area contributed by atoms with E-state index in [9.17, 15) is 33.6 Å². The maximum absolute atomic E-state index is 11.8. The Morgan fingerprint density at radius 2 is 1.72 bits per heavy atom. The van der Waals surface area contributed by atoms with E-state index in [0.29, 0.717) is 0 Å². The van der Waals surface area contributed by atoms with E-state index in [2.05, 4.69) is 28.1 Å². The number of nitrogens with one attached hydrogen (secondary N) is 1.